The summed E-state index contributed by atoms with van der Waals surface area (Å²) in [4.78, 5) is 2.47. The van der Waals surface area contributed by atoms with Gasteiger partial charge in [-0.15, -0.1) is 0 Å². The highest BCUT2D eigenvalue weighted by atomic mass is 16.5. The lowest BCUT2D eigenvalue weighted by Gasteiger charge is -2.36. The molecular weight excluding hydrogens is 224 g/mol. The average Bonchev–Trinajstić information content (AvgIpc) is 2.74. The van der Waals surface area contributed by atoms with Crippen LogP contribution in [-0.2, 0) is 4.74 Å². The number of hydrogen-bond donors (Lipinski definition) is 1. The highest BCUT2D eigenvalue weighted by Gasteiger charge is 2.31. The summed E-state index contributed by atoms with van der Waals surface area (Å²) in [5.74, 6) is 0. The molecule has 0 aromatic heterocycles. The van der Waals surface area contributed by atoms with Crippen LogP contribution in [0.15, 0.2) is 0 Å². The molecule has 0 radical (unpaired) electrons. The van der Waals surface area contributed by atoms with Crippen LogP contribution in [0.4, 0.5) is 0 Å². The number of rotatable bonds is 5. The minimum Gasteiger partial charge on any atom is -0.377 e. The summed E-state index contributed by atoms with van der Waals surface area (Å²) in [5.41, 5.74) is 6.49. The van der Waals surface area contributed by atoms with Crippen LogP contribution in [0, 0.1) is 5.41 Å². The van der Waals surface area contributed by atoms with Gasteiger partial charge < -0.3 is 15.4 Å². The zero-order chi connectivity index (χ0) is 12.8. The number of hydrogen-bond acceptors (Lipinski definition) is 3. The molecule has 0 aromatic rings. The lowest BCUT2D eigenvalue weighted by atomic mass is 9.80. The van der Waals surface area contributed by atoms with E-state index in [-0.39, 0.29) is 0 Å². The Morgan fingerprint density at radius 2 is 1.89 bits per heavy atom. The zero-order valence-corrected chi connectivity index (χ0v) is 12.0. The maximum absolute atomic E-state index is 6.11. The van der Waals surface area contributed by atoms with Crippen molar-refractivity contribution in [2.24, 2.45) is 11.1 Å². The van der Waals surface area contributed by atoms with E-state index in [1.54, 1.807) is 0 Å². The normalized spacial score (nSPS) is 28.5. The molecule has 0 bridgehead atoms. The first kappa shape index (κ1) is 14.3. The van der Waals surface area contributed by atoms with Crippen LogP contribution in [0.2, 0.25) is 0 Å². The SMILES string of the molecule is CN(CC1CCCO1)CC1(CN)CCCCCC1. The van der Waals surface area contributed by atoms with Gasteiger partial charge in [0.1, 0.15) is 0 Å². The van der Waals surface area contributed by atoms with Gasteiger partial charge in [0, 0.05) is 19.7 Å². The molecule has 0 amide bonds. The lowest BCUT2D eigenvalue weighted by molar-refractivity contribution is 0.0623. The van der Waals surface area contributed by atoms with Crippen LogP contribution in [-0.4, -0.2) is 44.3 Å². The summed E-state index contributed by atoms with van der Waals surface area (Å²) in [6.45, 7) is 4.05. The molecule has 2 fully saturated rings. The zero-order valence-electron chi connectivity index (χ0n) is 12.0. The standard InChI is InChI=1S/C15H30N2O/c1-17(11-14-7-6-10-18-14)13-15(12-16)8-4-2-3-5-9-15/h14H,2-13,16H2,1H3. The molecule has 1 heterocycles. The summed E-state index contributed by atoms with van der Waals surface area (Å²) in [6, 6.07) is 0. The highest BCUT2D eigenvalue weighted by Crippen LogP contribution is 2.34. The molecule has 3 heteroatoms. The van der Waals surface area contributed by atoms with Gasteiger partial charge in [-0.1, -0.05) is 25.7 Å². The van der Waals surface area contributed by atoms with Crippen molar-refractivity contribution in [2.45, 2.75) is 57.5 Å². The maximum Gasteiger partial charge on any atom is 0.0702 e. The molecule has 2 aliphatic rings. The minimum absolute atomic E-state index is 0.379. The topological polar surface area (TPSA) is 38.5 Å². The van der Waals surface area contributed by atoms with Gasteiger partial charge in [-0.3, -0.25) is 0 Å². The summed E-state index contributed by atoms with van der Waals surface area (Å²) in [7, 11) is 2.24. The van der Waals surface area contributed by atoms with Gasteiger partial charge in [-0.25, -0.2) is 0 Å². The smallest absolute Gasteiger partial charge is 0.0702 e. The Hall–Kier alpha value is -0.120. The van der Waals surface area contributed by atoms with E-state index in [0.717, 1.165) is 26.2 Å². The first-order valence-corrected chi connectivity index (χ1v) is 7.74. The maximum atomic E-state index is 6.11. The van der Waals surface area contributed by atoms with Crippen molar-refractivity contribution in [3.8, 4) is 0 Å². The van der Waals surface area contributed by atoms with Crippen LogP contribution in [0.3, 0.4) is 0 Å². The summed E-state index contributed by atoms with van der Waals surface area (Å²) in [6.07, 6.45) is 11.1. The molecule has 2 rings (SSSR count). The first-order valence-electron chi connectivity index (χ1n) is 7.74. The van der Waals surface area contributed by atoms with E-state index >= 15 is 0 Å². The first-order chi connectivity index (χ1) is 8.74. The van der Waals surface area contributed by atoms with E-state index in [0.29, 0.717) is 11.5 Å². The number of ether oxygens (including phenoxy) is 1. The molecule has 106 valence electrons. The second-order valence-corrected chi connectivity index (χ2v) is 6.45. The molecule has 1 unspecified atom stereocenters. The van der Waals surface area contributed by atoms with Gasteiger partial charge in [-0.2, -0.15) is 0 Å². The van der Waals surface area contributed by atoms with E-state index in [1.807, 2.05) is 0 Å². The van der Waals surface area contributed by atoms with Crippen LogP contribution >= 0.6 is 0 Å². The van der Waals surface area contributed by atoms with E-state index in [1.165, 1.54) is 51.4 Å². The Kier molecular flexibility index (Phi) is 5.46. The van der Waals surface area contributed by atoms with Gasteiger partial charge in [0.2, 0.25) is 0 Å². The molecular formula is C15H30N2O. The van der Waals surface area contributed by atoms with Crippen molar-refractivity contribution >= 4 is 0 Å². The van der Waals surface area contributed by atoms with E-state index in [4.69, 9.17) is 10.5 Å². The van der Waals surface area contributed by atoms with Crippen molar-refractivity contribution in [1.82, 2.24) is 4.90 Å². The van der Waals surface area contributed by atoms with Crippen LogP contribution < -0.4 is 5.73 Å². The van der Waals surface area contributed by atoms with Gasteiger partial charge in [0.05, 0.1) is 6.10 Å². The number of nitrogens with zero attached hydrogens (tertiary/aromatic N) is 1. The predicted molar refractivity (Wildman–Crippen MR) is 75.7 cm³/mol. The lowest BCUT2D eigenvalue weighted by Crippen LogP contribution is -2.43. The summed E-state index contributed by atoms with van der Waals surface area (Å²) >= 11 is 0. The second kappa shape index (κ2) is 6.88. The molecule has 1 aliphatic heterocycles. The number of nitrogens with two attached hydrogens (primary N) is 1. The Labute approximate surface area is 112 Å². The molecule has 1 saturated heterocycles. The monoisotopic (exact) mass is 254 g/mol. The molecule has 0 spiro atoms. The van der Waals surface area contributed by atoms with E-state index in [2.05, 4.69) is 11.9 Å². The molecule has 1 aliphatic carbocycles. The van der Waals surface area contributed by atoms with Crippen molar-refractivity contribution < 1.29 is 4.74 Å². The fourth-order valence-electron chi connectivity index (χ4n) is 3.68. The molecule has 1 saturated carbocycles. The molecule has 0 aromatic carbocycles. The second-order valence-electron chi connectivity index (χ2n) is 6.45. The molecule has 2 N–H and O–H groups in total. The number of likely N-dealkylation sites (N-methyl/N-ethyl adjacent to an activating group) is 1. The fourth-order valence-corrected chi connectivity index (χ4v) is 3.68. The van der Waals surface area contributed by atoms with Crippen molar-refractivity contribution in [2.75, 3.05) is 33.3 Å². The third-order valence-electron chi connectivity index (χ3n) is 4.74. The summed E-state index contributed by atoms with van der Waals surface area (Å²) in [5, 5.41) is 0. The summed E-state index contributed by atoms with van der Waals surface area (Å²) < 4.78 is 5.73. The Bertz CT molecular complexity index is 231. The molecule has 18 heavy (non-hydrogen) atoms. The fraction of sp³-hybridized carbons (Fsp3) is 1.00. The van der Waals surface area contributed by atoms with Crippen LogP contribution in [0.5, 0.6) is 0 Å². The van der Waals surface area contributed by atoms with Crippen LogP contribution in [0.25, 0.3) is 0 Å². The van der Waals surface area contributed by atoms with Crippen molar-refractivity contribution in [3.05, 3.63) is 0 Å². The van der Waals surface area contributed by atoms with Gasteiger partial charge >= 0.3 is 0 Å². The van der Waals surface area contributed by atoms with E-state index in [9.17, 15) is 0 Å². The van der Waals surface area contributed by atoms with Gasteiger partial charge in [0.25, 0.3) is 0 Å². The molecule has 1 atom stereocenters. The highest BCUT2D eigenvalue weighted by molar-refractivity contribution is 4.86. The van der Waals surface area contributed by atoms with Crippen molar-refractivity contribution in [1.29, 1.82) is 0 Å². The van der Waals surface area contributed by atoms with Crippen LogP contribution in [0.1, 0.15) is 51.4 Å². The van der Waals surface area contributed by atoms with Gasteiger partial charge in [0.15, 0.2) is 0 Å². The quantitative estimate of drug-likeness (QED) is 0.766. The Morgan fingerprint density at radius 3 is 2.44 bits per heavy atom. The molecule has 3 nitrogen and oxygen atoms in total. The van der Waals surface area contributed by atoms with Crippen molar-refractivity contribution in [3.63, 3.8) is 0 Å². The largest absolute Gasteiger partial charge is 0.377 e. The average molecular weight is 254 g/mol. The third-order valence-corrected chi connectivity index (χ3v) is 4.74. The van der Waals surface area contributed by atoms with Gasteiger partial charge in [-0.05, 0) is 44.7 Å². The van der Waals surface area contributed by atoms with E-state index < -0.39 is 0 Å². The predicted octanol–water partition coefficient (Wildman–Crippen LogP) is 2.40. The Balaban J connectivity index is 1.83. The third kappa shape index (κ3) is 3.94. The Morgan fingerprint density at radius 1 is 1.17 bits per heavy atom. The minimum atomic E-state index is 0.379.